The van der Waals surface area contributed by atoms with E-state index < -0.39 is 0 Å². The molecule has 1 radical (unpaired) electrons. The van der Waals surface area contributed by atoms with Crippen molar-refractivity contribution >= 4 is 124 Å². The fourth-order valence-corrected chi connectivity index (χ4v) is 10.6. The van der Waals surface area contributed by atoms with E-state index in [-0.39, 0.29) is 0 Å². The molecule has 8 aromatic heterocycles. The van der Waals surface area contributed by atoms with Crippen LogP contribution in [0, 0.1) is 0 Å². The Morgan fingerprint density at radius 2 is 0.753 bits per heavy atom. The Kier molecular flexibility index (Phi) is 12.5. The molecule has 0 spiro atoms. The molecule has 73 heavy (non-hydrogen) atoms. The Labute approximate surface area is 431 Å². The molecule has 0 amide bonds. The van der Waals surface area contributed by atoms with Crippen molar-refractivity contribution in [2.45, 2.75) is 12.8 Å². The number of hydrogen-bond donors (Lipinski definition) is 1. The molecule has 0 atom stereocenters. The number of hydrogen-bond acceptors (Lipinski definition) is 11. The zero-order valence-electron chi connectivity index (χ0n) is 38.9. The third-order valence-corrected chi connectivity index (χ3v) is 13.4. The minimum Gasteiger partial charge on any atom is -0.278 e. The van der Waals surface area contributed by atoms with Gasteiger partial charge in [-0.2, -0.15) is 0 Å². The SMILES string of the molecule is Brc1cc2c3ccccc3n(-c3ncccn3)c2c2c3ccccc3n(-c3ncccn3)c12.C1CCOC1.[B]=NS.c1cnc(-n2c3ccccc3c3c2ccc2c4ccccc4n(-c4ncccn4)c23)nc1. The van der Waals surface area contributed by atoms with Crippen LogP contribution >= 0.6 is 28.7 Å². The van der Waals surface area contributed by atoms with Crippen LogP contribution in [0.15, 0.2) is 198 Å². The summed E-state index contributed by atoms with van der Waals surface area (Å²) in [5.74, 6) is 2.57. The van der Waals surface area contributed by atoms with Crippen LogP contribution in [0.5, 0.6) is 0 Å². The molecule has 1 aliphatic rings. The Hall–Kier alpha value is -8.51. The normalized spacial score (nSPS) is 12.3. The molecule has 0 saturated carbocycles. The minimum atomic E-state index is 0.627. The van der Waals surface area contributed by atoms with Crippen molar-refractivity contribution in [1.29, 1.82) is 0 Å². The summed E-state index contributed by atoms with van der Waals surface area (Å²) in [6.07, 6.45) is 16.8. The predicted molar refractivity (Wildman–Crippen MR) is 298 cm³/mol. The first-order valence-electron chi connectivity index (χ1n) is 23.5. The van der Waals surface area contributed by atoms with E-state index in [4.69, 9.17) is 4.74 Å². The van der Waals surface area contributed by atoms with Gasteiger partial charge in [0.2, 0.25) is 23.8 Å². The number of rotatable bonds is 4. The molecule has 0 bridgehead atoms. The van der Waals surface area contributed by atoms with Crippen LogP contribution in [0.25, 0.3) is 111 Å². The third kappa shape index (κ3) is 7.98. The van der Waals surface area contributed by atoms with Gasteiger partial charge in [-0.25, -0.2) is 39.9 Å². The minimum absolute atomic E-state index is 0.627. The Balaban J connectivity index is 0.000000129. The fraction of sp³-hybridized carbons (Fsp3) is 0.0714. The van der Waals surface area contributed by atoms with Gasteiger partial charge in [0.05, 0.1) is 44.1 Å². The molecule has 0 aliphatic carbocycles. The maximum atomic E-state index is 4.94. The summed E-state index contributed by atoms with van der Waals surface area (Å²) >= 11 is 7.07. The first kappa shape index (κ1) is 45.6. The number of thiol groups is 1. The van der Waals surface area contributed by atoms with E-state index in [1.807, 2.05) is 42.5 Å². The molecule has 14 nitrogen and oxygen atoms in total. The number of para-hydroxylation sites is 4. The molecule has 1 saturated heterocycles. The molecular formula is C56H40BBrN13OS. The van der Waals surface area contributed by atoms with Gasteiger partial charge in [0.25, 0.3) is 0 Å². The summed E-state index contributed by atoms with van der Waals surface area (Å²) < 4.78 is 17.2. The van der Waals surface area contributed by atoms with Crippen LogP contribution in [0.4, 0.5) is 0 Å². The zero-order valence-corrected chi connectivity index (χ0v) is 41.3. The summed E-state index contributed by atoms with van der Waals surface area (Å²) in [6.45, 7) is 2.00. The van der Waals surface area contributed by atoms with Crippen molar-refractivity contribution in [3.63, 3.8) is 0 Å². The van der Waals surface area contributed by atoms with E-state index in [1.54, 1.807) is 49.6 Å². The smallest absolute Gasteiger partial charge is 0.234 e. The number of halogens is 1. The van der Waals surface area contributed by atoms with Crippen molar-refractivity contribution in [3.8, 4) is 23.8 Å². The van der Waals surface area contributed by atoms with E-state index in [0.29, 0.717) is 23.8 Å². The summed E-state index contributed by atoms with van der Waals surface area (Å²) in [5, 5.41) is 9.11. The van der Waals surface area contributed by atoms with E-state index in [0.717, 1.165) is 99.5 Å². The molecule has 1 fully saturated rings. The summed E-state index contributed by atoms with van der Waals surface area (Å²) in [4.78, 5) is 36.6. The largest absolute Gasteiger partial charge is 0.278 e. The van der Waals surface area contributed by atoms with Crippen LogP contribution in [-0.4, -0.2) is 79.0 Å². The van der Waals surface area contributed by atoms with Gasteiger partial charge < -0.3 is 4.74 Å². The topological polar surface area (TPSA) is 144 Å². The predicted octanol–water partition coefficient (Wildman–Crippen LogP) is 12.7. The number of nitrogens with zero attached hydrogens (tertiary/aromatic N) is 13. The van der Waals surface area contributed by atoms with Gasteiger partial charge in [-0.05, 0) is 89.4 Å². The summed E-state index contributed by atoms with van der Waals surface area (Å²) in [6, 6.07) is 47.4. The molecule has 9 heterocycles. The fourth-order valence-electron chi connectivity index (χ4n) is 10.0. The quantitative estimate of drug-likeness (QED) is 0.134. The Bertz CT molecular complexity index is 4290. The molecule has 1 aliphatic heterocycles. The van der Waals surface area contributed by atoms with Gasteiger partial charge in [-0.1, -0.05) is 78.9 Å². The standard InChI is InChI=1S/C26H15BrN6.C26H16N6.C4H8O.BHNS/c27-19-15-18-16-7-1-3-9-20(16)32(25-28-11-5-12-29-25)23(18)22-17-8-2-4-10-21(17)33(24(19)22)26-30-13-6-14-31-26;1-3-9-20-17(7-1)18-11-12-22-23(24(18)32(20)26-29-15-6-16-30-26)19-8-2-4-10-21(19)31(22)25-27-13-5-14-28-25;1-2-4-5-3-1;1-2-3/h1-15H;1-16H;1-4H2;3H. The van der Waals surface area contributed by atoms with Crippen LogP contribution in [0.3, 0.4) is 0 Å². The molecular weight excluding hydrogens is 993 g/mol. The molecule has 15 rings (SSSR count). The molecule has 14 aromatic rings. The van der Waals surface area contributed by atoms with E-state index in [9.17, 15) is 0 Å². The van der Waals surface area contributed by atoms with Gasteiger partial charge in [0.15, 0.2) is 0 Å². The number of benzene rings is 6. The number of aromatic nitrogens is 12. The second-order valence-corrected chi connectivity index (χ2v) is 18.0. The first-order valence-corrected chi connectivity index (χ1v) is 24.7. The van der Waals surface area contributed by atoms with E-state index in [1.165, 1.54) is 18.2 Å². The molecule has 351 valence electrons. The maximum Gasteiger partial charge on any atom is 0.234 e. The maximum absolute atomic E-state index is 4.94. The van der Waals surface area contributed by atoms with Crippen molar-refractivity contribution < 1.29 is 4.74 Å². The second-order valence-electron chi connectivity index (χ2n) is 16.9. The van der Waals surface area contributed by atoms with Gasteiger partial charge in [0.1, 0.15) is 0 Å². The average Bonchev–Trinajstić information content (AvgIpc) is 4.32. The summed E-state index contributed by atoms with van der Waals surface area (Å²) in [5.41, 5.74) is 8.44. The van der Waals surface area contributed by atoms with Crippen molar-refractivity contribution in [3.05, 3.63) is 194 Å². The van der Waals surface area contributed by atoms with Crippen molar-refractivity contribution in [2.75, 3.05) is 13.2 Å². The van der Waals surface area contributed by atoms with Crippen molar-refractivity contribution in [2.24, 2.45) is 4.30 Å². The van der Waals surface area contributed by atoms with Gasteiger partial charge in [0, 0.05) is 110 Å². The number of fused-ring (bicyclic) bond motifs is 14. The van der Waals surface area contributed by atoms with E-state index in [2.05, 4.69) is 196 Å². The molecule has 0 unspecified atom stereocenters. The van der Waals surface area contributed by atoms with Crippen LogP contribution in [0.2, 0.25) is 0 Å². The zero-order chi connectivity index (χ0) is 49.3. The second kappa shape index (κ2) is 19.9. The average molecular weight is 1030 g/mol. The third-order valence-electron chi connectivity index (χ3n) is 12.8. The van der Waals surface area contributed by atoms with Crippen LogP contribution < -0.4 is 0 Å². The Morgan fingerprint density at radius 3 is 1.21 bits per heavy atom. The Morgan fingerprint density at radius 1 is 0.397 bits per heavy atom. The molecule has 0 N–H and O–H groups in total. The van der Waals surface area contributed by atoms with Gasteiger partial charge >= 0.3 is 24.8 Å². The van der Waals surface area contributed by atoms with Crippen LogP contribution in [-0.2, 0) is 4.74 Å². The van der Waals surface area contributed by atoms with Crippen molar-refractivity contribution in [1.82, 2.24) is 58.1 Å². The monoisotopic (exact) mass is 1030 g/mol. The first-order chi connectivity index (χ1) is 36.2. The number of ether oxygens (including phenoxy) is 1. The van der Waals surface area contributed by atoms with Gasteiger partial charge in [-0.3, -0.25) is 18.3 Å². The van der Waals surface area contributed by atoms with Gasteiger partial charge in [-0.15, -0.1) is 0 Å². The molecule has 17 heteroatoms. The molecule has 6 aromatic carbocycles. The summed E-state index contributed by atoms with van der Waals surface area (Å²) in [7, 11) is 4.34. The van der Waals surface area contributed by atoms with E-state index >= 15 is 0 Å². The van der Waals surface area contributed by atoms with Crippen LogP contribution in [0.1, 0.15) is 12.8 Å².